The highest BCUT2D eigenvalue weighted by Gasteiger charge is 2.10. The molecule has 3 N–H and O–H groups in total. The predicted molar refractivity (Wildman–Crippen MR) is 92.4 cm³/mol. The van der Waals surface area contributed by atoms with Crippen molar-refractivity contribution in [3.05, 3.63) is 59.5 Å². The van der Waals surface area contributed by atoms with Gasteiger partial charge < -0.3 is 10.4 Å². The third-order valence-corrected chi connectivity index (χ3v) is 4.05. The molecule has 0 aliphatic rings. The summed E-state index contributed by atoms with van der Waals surface area (Å²) in [5.41, 5.74) is 1.68. The third kappa shape index (κ3) is 4.36. The summed E-state index contributed by atoms with van der Waals surface area (Å²) in [5, 5.41) is 16.4. The van der Waals surface area contributed by atoms with E-state index in [1.807, 2.05) is 24.3 Å². The predicted octanol–water partition coefficient (Wildman–Crippen LogP) is 2.62. The number of nitrogens with zero attached hydrogens (tertiary/aromatic N) is 3. The number of benzene rings is 1. The second kappa shape index (κ2) is 7.49. The van der Waals surface area contributed by atoms with Crippen molar-refractivity contribution < 1.29 is 14.7 Å². The first-order valence-electron chi connectivity index (χ1n) is 7.21. The van der Waals surface area contributed by atoms with Crippen molar-refractivity contribution in [3.63, 3.8) is 0 Å². The van der Waals surface area contributed by atoms with E-state index in [-0.39, 0.29) is 5.69 Å². The standard InChI is InChI=1S/C16H13N5O3S/c22-15(23)12-9-25-14(20-12)11-3-1-2-10(6-11)7-19-16(24)21-13-8-17-4-5-18-13/h1-6,8-9H,7H2,(H,22,23)(H2,18,19,21,24). The zero-order chi connectivity index (χ0) is 17.6. The molecular formula is C16H13N5O3S. The smallest absolute Gasteiger partial charge is 0.355 e. The number of rotatable bonds is 5. The van der Waals surface area contributed by atoms with E-state index >= 15 is 0 Å². The second-order valence-electron chi connectivity index (χ2n) is 4.94. The average molecular weight is 355 g/mol. The molecule has 25 heavy (non-hydrogen) atoms. The Hall–Kier alpha value is -3.33. The Balaban J connectivity index is 1.63. The first kappa shape index (κ1) is 16.5. The number of carboxylic acids is 1. The van der Waals surface area contributed by atoms with Crippen molar-refractivity contribution in [2.45, 2.75) is 6.54 Å². The molecule has 0 spiro atoms. The van der Waals surface area contributed by atoms with Crippen molar-refractivity contribution in [1.29, 1.82) is 0 Å². The minimum Gasteiger partial charge on any atom is -0.476 e. The Bertz CT molecular complexity index is 898. The molecule has 0 fully saturated rings. The summed E-state index contributed by atoms with van der Waals surface area (Å²) in [4.78, 5) is 34.7. The molecule has 126 valence electrons. The van der Waals surface area contributed by atoms with Crippen LogP contribution in [0.5, 0.6) is 0 Å². The van der Waals surface area contributed by atoms with Crippen molar-refractivity contribution >= 4 is 29.2 Å². The van der Waals surface area contributed by atoms with Gasteiger partial charge in [0.15, 0.2) is 11.5 Å². The first-order chi connectivity index (χ1) is 12.1. The number of thiazole rings is 1. The maximum atomic E-state index is 11.9. The zero-order valence-corrected chi connectivity index (χ0v) is 13.7. The SMILES string of the molecule is O=C(NCc1cccc(-c2nc(C(=O)O)cs2)c1)Nc1cnccn1. The van der Waals surface area contributed by atoms with Gasteiger partial charge >= 0.3 is 12.0 Å². The molecule has 0 aliphatic carbocycles. The molecule has 0 saturated heterocycles. The number of aromatic carboxylic acids is 1. The third-order valence-electron chi connectivity index (χ3n) is 3.16. The molecule has 1 aromatic carbocycles. The molecule has 0 unspecified atom stereocenters. The van der Waals surface area contributed by atoms with Crippen molar-refractivity contribution in [2.75, 3.05) is 5.32 Å². The van der Waals surface area contributed by atoms with Crippen LogP contribution in [0.25, 0.3) is 10.6 Å². The van der Waals surface area contributed by atoms with Gasteiger partial charge in [-0.25, -0.2) is 19.6 Å². The van der Waals surface area contributed by atoms with E-state index in [1.165, 1.54) is 35.3 Å². The molecule has 0 aliphatic heterocycles. The molecule has 8 nitrogen and oxygen atoms in total. The van der Waals surface area contributed by atoms with Gasteiger partial charge in [-0.1, -0.05) is 18.2 Å². The normalized spacial score (nSPS) is 10.2. The number of carboxylic acid groups (broad SMARTS) is 1. The van der Waals surface area contributed by atoms with E-state index in [0.717, 1.165) is 11.1 Å². The minimum atomic E-state index is -1.05. The van der Waals surface area contributed by atoms with Crippen LogP contribution in [0.4, 0.5) is 10.6 Å². The van der Waals surface area contributed by atoms with Crippen molar-refractivity contribution in [3.8, 4) is 10.6 Å². The van der Waals surface area contributed by atoms with Gasteiger partial charge in [-0.2, -0.15) is 0 Å². The molecule has 9 heteroatoms. The molecule has 2 heterocycles. The van der Waals surface area contributed by atoms with Gasteiger partial charge in [0.1, 0.15) is 5.01 Å². The number of amides is 2. The molecule has 0 radical (unpaired) electrons. The van der Waals surface area contributed by atoms with Crippen LogP contribution in [0, 0.1) is 0 Å². The lowest BCUT2D eigenvalue weighted by molar-refractivity contribution is 0.0691. The Morgan fingerprint density at radius 3 is 2.84 bits per heavy atom. The highest BCUT2D eigenvalue weighted by Crippen LogP contribution is 2.24. The molecule has 0 saturated carbocycles. The maximum Gasteiger partial charge on any atom is 0.355 e. The molecule has 3 aromatic rings. The van der Waals surface area contributed by atoms with Crippen LogP contribution in [0.15, 0.2) is 48.2 Å². The molecule has 3 rings (SSSR count). The highest BCUT2D eigenvalue weighted by molar-refractivity contribution is 7.13. The van der Waals surface area contributed by atoms with Crippen LogP contribution >= 0.6 is 11.3 Å². The largest absolute Gasteiger partial charge is 0.476 e. The quantitative estimate of drug-likeness (QED) is 0.648. The van der Waals surface area contributed by atoms with Gasteiger partial charge in [-0.15, -0.1) is 11.3 Å². The summed E-state index contributed by atoms with van der Waals surface area (Å²) in [5.74, 6) is -0.696. The van der Waals surface area contributed by atoms with Gasteiger partial charge in [0.2, 0.25) is 0 Å². The number of hydrogen-bond donors (Lipinski definition) is 3. The highest BCUT2D eigenvalue weighted by atomic mass is 32.1. The first-order valence-corrected chi connectivity index (χ1v) is 8.09. The average Bonchev–Trinajstić information content (AvgIpc) is 3.12. The van der Waals surface area contributed by atoms with Crippen LogP contribution in [0.1, 0.15) is 16.1 Å². The van der Waals surface area contributed by atoms with Crippen molar-refractivity contribution in [2.24, 2.45) is 0 Å². The summed E-state index contributed by atoms with van der Waals surface area (Å²) >= 11 is 1.26. The monoisotopic (exact) mass is 355 g/mol. The van der Waals surface area contributed by atoms with E-state index in [4.69, 9.17) is 5.11 Å². The Morgan fingerprint density at radius 1 is 1.24 bits per heavy atom. The summed E-state index contributed by atoms with van der Waals surface area (Å²) in [6.45, 7) is 0.303. The van der Waals surface area contributed by atoms with Gasteiger partial charge in [-0.3, -0.25) is 10.3 Å². The molecule has 2 amide bonds. The second-order valence-corrected chi connectivity index (χ2v) is 5.80. The lowest BCUT2D eigenvalue weighted by atomic mass is 10.1. The van der Waals surface area contributed by atoms with E-state index in [9.17, 15) is 9.59 Å². The van der Waals surface area contributed by atoms with Crippen LogP contribution in [-0.4, -0.2) is 32.1 Å². The fourth-order valence-electron chi connectivity index (χ4n) is 2.03. The van der Waals surface area contributed by atoms with Gasteiger partial charge in [0, 0.05) is 29.9 Å². The number of nitrogens with one attached hydrogen (secondary N) is 2. The van der Waals surface area contributed by atoms with Crippen LogP contribution in [-0.2, 0) is 6.54 Å². The number of anilines is 1. The van der Waals surface area contributed by atoms with E-state index in [2.05, 4.69) is 25.6 Å². The Morgan fingerprint density at radius 2 is 2.12 bits per heavy atom. The number of urea groups is 1. The Labute approximate surface area is 146 Å². The molecular weight excluding hydrogens is 342 g/mol. The lowest BCUT2D eigenvalue weighted by Crippen LogP contribution is -2.28. The topological polar surface area (TPSA) is 117 Å². The summed E-state index contributed by atoms with van der Waals surface area (Å²) in [6.07, 6.45) is 4.45. The van der Waals surface area contributed by atoms with Gasteiger partial charge in [0.25, 0.3) is 0 Å². The van der Waals surface area contributed by atoms with E-state index < -0.39 is 12.0 Å². The minimum absolute atomic E-state index is 0.0203. The fraction of sp³-hybridized carbons (Fsp3) is 0.0625. The zero-order valence-electron chi connectivity index (χ0n) is 12.8. The van der Waals surface area contributed by atoms with Crippen LogP contribution < -0.4 is 10.6 Å². The number of carbonyl (C=O) groups is 2. The maximum absolute atomic E-state index is 11.9. The molecule has 2 aromatic heterocycles. The summed E-state index contributed by atoms with van der Waals surface area (Å²) in [7, 11) is 0. The summed E-state index contributed by atoms with van der Waals surface area (Å²) < 4.78 is 0. The van der Waals surface area contributed by atoms with E-state index in [1.54, 1.807) is 0 Å². The van der Waals surface area contributed by atoms with Gasteiger partial charge in [0.05, 0.1) is 6.20 Å². The van der Waals surface area contributed by atoms with E-state index in [0.29, 0.717) is 17.4 Å². The summed E-state index contributed by atoms with van der Waals surface area (Å²) in [6, 6.07) is 6.99. The number of carbonyl (C=O) groups excluding carboxylic acids is 1. The Kier molecular flexibility index (Phi) is 4.95. The lowest BCUT2D eigenvalue weighted by Gasteiger charge is -2.07. The number of aromatic nitrogens is 3. The fourth-order valence-corrected chi connectivity index (χ4v) is 2.82. The molecule has 0 bridgehead atoms. The number of hydrogen-bond acceptors (Lipinski definition) is 6. The van der Waals surface area contributed by atoms with Crippen molar-refractivity contribution in [1.82, 2.24) is 20.3 Å². The van der Waals surface area contributed by atoms with Crippen LogP contribution in [0.3, 0.4) is 0 Å². The molecule has 0 atom stereocenters. The van der Waals surface area contributed by atoms with Crippen LogP contribution in [0.2, 0.25) is 0 Å². The van der Waals surface area contributed by atoms with Gasteiger partial charge in [-0.05, 0) is 11.6 Å².